The summed E-state index contributed by atoms with van der Waals surface area (Å²) in [6.45, 7) is 4.11. The number of hydrogen-bond donors (Lipinski definition) is 1. The summed E-state index contributed by atoms with van der Waals surface area (Å²) in [6, 6.07) is 12.3. The van der Waals surface area contributed by atoms with E-state index in [0.717, 1.165) is 10.9 Å². The highest BCUT2D eigenvalue weighted by Crippen LogP contribution is 2.35. The summed E-state index contributed by atoms with van der Waals surface area (Å²) in [5.41, 5.74) is 1.10. The summed E-state index contributed by atoms with van der Waals surface area (Å²) in [5, 5.41) is 22.6. The first-order valence-electron chi connectivity index (χ1n) is 11.0. The highest BCUT2D eigenvalue weighted by atomic mass is 16.4. The molecule has 1 saturated heterocycles. The first-order valence-corrected chi connectivity index (χ1v) is 11.0. The van der Waals surface area contributed by atoms with E-state index in [1.807, 2.05) is 13.0 Å². The van der Waals surface area contributed by atoms with E-state index in [1.54, 1.807) is 48.2 Å². The van der Waals surface area contributed by atoms with Crippen LogP contribution in [0, 0.1) is 13.8 Å². The molecule has 1 aliphatic rings. The lowest BCUT2D eigenvalue weighted by molar-refractivity contribution is -0.315. The second-order valence-corrected chi connectivity index (χ2v) is 8.70. The molecule has 2 heterocycles. The number of aromatic hydroxyl groups is 1. The number of aryl methyl sites for hydroxylation is 2. The van der Waals surface area contributed by atoms with E-state index < -0.39 is 17.0 Å². The van der Waals surface area contributed by atoms with Crippen LogP contribution in [0.15, 0.2) is 51.7 Å². The SMILES string of the molecule is Cc1c(CCC(=O)N2CCC(C(=O)[O-])(c3ccccc3)CC2)c(=O)oc2c(C)c(O)ccc12. The molecule has 1 N–H and O–H groups in total. The van der Waals surface area contributed by atoms with Crippen LogP contribution in [0.5, 0.6) is 5.75 Å². The monoisotopic (exact) mass is 448 g/mol. The molecule has 0 aliphatic carbocycles. The third kappa shape index (κ3) is 3.99. The Balaban J connectivity index is 1.47. The molecule has 1 aliphatic heterocycles. The molecule has 7 nitrogen and oxygen atoms in total. The average Bonchev–Trinajstić information content (AvgIpc) is 2.82. The molecule has 172 valence electrons. The summed E-state index contributed by atoms with van der Waals surface area (Å²) >= 11 is 0. The Morgan fingerprint density at radius 1 is 1.06 bits per heavy atom. The Bertz CT molecular complexity index is 1270. The number of rotatable bonds is 5. The highest BCUT2D eigenvalue weighted by Gasteiger charge is 2.38. The number of carboxylic acids is 1. The molecule has 0 unspecified atom stereocenters. The Hall–Kier alpha value is -3.61. The van der Waals surface area contributed by atoms with Crippen LogP contribution in [0.4, 0.5) is 0 Å². The molecule has 0 atom stereocenters. The standard InChI is InChI=1S/C26H27NO6/c1-16-19-8-10-21(28)17(2)23(19)33-24(30)20(16)9-11-22(29)27-14-12-26(13-15-27,25(31)32)18-6-4-3-5-7-18/h3-8,10,28H,9,11-15H2,1-2H3,(H,31,32)/p-1. The summed E-state index contributed by atoms with van der Waals surface area (Å²) in [4.78, 5) is 39.1. The van der Waals surface area contributed by atoms with Crippen molar-refractivity contribution in [3.05, 3.63) is 75.1 Å². The van der Waals surface area contributed by atoms with Gasteiger partial charge in [-0.05, 0) is 56.4 Å². The van der Waals surface area contributed by atoms with Crippen LogP contribution < -0.4 is 10.7 Å². The number of aliphatic carboxylic acids is 1. The van der Waals surface area contributed by atoms with Gasteiger partial charge in [-0.25, -0.2) is 4.79 Å². The normalized spacial score (nSPS) is 15.5. The van der Waals surface area contributed by atoms with Gasteiger partial charge in [-0.1, -0.05) is 30.3 Å². The number of likely N-dealkylation sites (tertiary alicyclic amines) is 1. The number of amides is 1. The molecular weight excluding hydrogens is 422 g/mol. The van der Waals surface area contributed by atoms with Crippen molar-refractivity contribution in [2.24, 2.45) is 0 Å². The molecule has 0 saturated carbocycles. The van der Waals surface area contributed by atoms with Gasteiger partial charge >= 0.3 is 5.63 Å². The Labute approximate surface area is 191 Å². The first kappa shape index (κ1) is 22.6. The third-order valence-corrected chi connectivity index (χ3v) is 6.95. The number of carboxylic acid groups (broad SMARTS) is 1. The Morgan fingerprint density at radius 3 is 2.36 bits per heavy atom. The van der Waals surface area contributed by atoms with Gasteiger partial charge in [0.05, 0.1) is 5.97 Å². The van der Waals surface area contributed by atoms with Crippen LogP contribution in [-0.4, -0.2) is 35.0 Å². The Morgan fingerprint density at radius 2 is 1.73 bits per heavy atom. The molecule has 0 radical (unpaired) electrons. The van der Waals surface area contributed by atoms with Gasteiger partial charge < -0.3 is 24.3 Å². The summed E-state index contributed by atoms with van der Waals surface area (Å²) in [5.74, 6) is -1.19. The molecule has 1 aromatic heterocycles. The largest absolute Gasteiger partial charge is 0.549 e. The second kappa shape index (κ2) is 8.73. The molecule has 7 heteroatoms. The van der Waals surface area contributed by atoms with Crippen molar-refractivity contribution in [3.8, 4) is 5.75 Å². The van der Waals surface area contributed by atoms with Crippen LogP contribution in [0.25, 0.3) is 11.0 Å². The van der Waals surface area contributed by atoms with Gasteiger partial charge in [0, 0.05) is 41.4 Å². The zero-order chi connectivity index (χ0) is 23.8. The van der Waals surface area contributed by atoms with Crippen molar-refractivity contribution in [3.63, 3.8) is 0 Å². The van der Waals surface area contributed by atoms with E-state index in [0.29, 0.717) is 35.4 Å². The lowest BCUT2D eigenvalue weighted by atomic mass is 9.73. The minimum Gasteiger partial charge on any atom is -0.549 e. The summed E-state index contributed by atoms with van der Waals surface area (Å²) in [6.07, 6.45) is 0.914. The molecule has 0 spiro atoms. The number of piperidine rings is 1. The number of carbonyl (C=O) groups is 2. The maximum Gasteiger partial charge on any atom is 0.339 e. The van der Waals surface area contributed by atoms with Gasteiger partial charge in [0.15, 0.2) is 0 Å². The van der Waals surface area contributed by atoms with Crippen LogP contribution in [0.3, 0.4) is 0 Å². The molecule has 33 heavy (non-hydrogen) atoms. The highest BCUT2D eigenvalue weighted by molar-refractivity contribution is 5.86. The van der Waals surface area contributed by atoms with Crippen LogP contribution in [0.2, 0.25) is 0 Å². The topological polar surface area (TPSA) is 111 Å². The third-order valence-electron chi connectivity index (χ3n) is 6.95. The average molecular weight is 448 g/mol. The maximum atomic E-state index is 12.9. The molecule has 1 fully saturated rings. The van der Waals surface area contributed by atoms with Gasteiger partial charge in [0.1, 0.15) is 11.3 Å². The van der Waals surface area contributed by atoms with Gasteiger partial charge in [-0.3, -0.25) is 4.79 Å². The molecule has 4 rings (SSSR count). The zero-order valence-electron chi connectivity index (χ0n) is 18.7. The summed E-state index contributed by atoms with van der Waals surface area (Å²) < 4.78 is 5.45. The molecule has 2 aromatic carbocycles. The lowest BCUT2D eigenvalue weighted by Crippen LogP contribution is -2.53. The van der Waals surface area contributed by atoms with E-state index in [9.17, 15) is 24.6 Å². The molecule has 1 amide bonds. The Kier molecular flexibility index (Phi) is 5.97. The fourth-order valence-corrected chi connectivity index (χ4v) is 4.76. The van der Waals surface area contributed by atoms with Crippen molar-refractivity contribution < 1.29 is 24.2 Å². The van der Waals surface area contributed by atoms with Crippen molar-refractivity contribution in [1.29, 1.82) is 0 Å². The fraction of sp³-hybridized carbons (Fsp3) is 0.346. The van der Waals surface area contributed by atoms with Gasteiger partial charge in [0.25, 0.3) is 0 Å². The quantitative estimate of drug-likeness (QED) is 0.600. The van der Waals surface area contributed by atoms with Crippen LogP contribution in [0.1, 0.15) is 41.5 Å². The number of nitrogens with zero attached hydrogens (tertiary/aromatic N) is 1. The second-order valence-electron chi connectivity index (χ2n) is 8.70. The maximum absolute atomic E-state index is 12.9. The zero-order valence-corrected chi connectivity index (χ0v) is 18.7. The number of phenolic OH excluding ortho intramolecular Hbond substituents is 1. The first-order chi connectivity index (χ1) is 15.7. The number of fused-ring (bicyclic) bond motifs is 1. The van der Waals surface area contributed by atoms with Gasteiger partial charge in [-0.2, -0.15) is 0 Å². The number of benzene rings is 2. The van der Waals surface area contributed by atoms with E-state index in [4.69, 9.17) is 4.42 Å². The predicted molar refractivity (Wildman–Crippen MR) is 121 cm³/mol. The van der Waals surface area contributed by atoms with E-state index >= 15 is 0 Å². The lowest BCUT2D eigenvalue weighted by Gasteiger charge is -2.43. The van der Waals surface area contributed by atoms with E-state index in [-0.39, 0.29) is 37.3 Å². The minimum atomic E-state index is -1.12. The van der Waals surface area contributed by atoms with Crippen molar-refractivity contribution in [2.45, 2.75) is 44.9 Å². The van der Waals surface area contributed by atoms with Crippen molar-refractivity contribution in [1.82, 2.24) is 4.90 Å². The van der Waals surface area contributed by atoms with Crippen LogP contribution in [-0.2, 0) is 21.4 Å². The molecular formula is C26H26NO6-. The van der Waals surface area contributed by atoms with E-state index in [1.165, 1.54) is 0 Å². The summed E-state index contributed by atoms with van der Waals surface area (Å²) in [7, 11) is 0. The number of phenols is 1. The number of hydrogen-bond acceptors (Lipinski definition) is 6. The smallest absolute Gasteiger partial charge is 0.339 e. The van der Waals surface area contributed by atoms with Crippen LogP contribution >= 0.6 is 0 Å². The fourth-order valence-electron chi connectivity index (χ4n) is 4.76. The van der Waals surface area contributed by atoms with E-state index in [2.05, 4.69) is 0 Å². The van der Waals surface area contributed by atoms with Crippen molar-refractivity contribution >= 4 is 22.8 Å². The van der Waals surface area contributed by atoms with Gasteiger partial charge in [-0.15, -0.1) is 0 Å². The molecule has 3 aromatic rings. The molecule has 0 bridgehead atoms. The van der Waals surface area contributed by atoms with Gasteiger partial charge in [0.2, 0.25) is 5.91 Å². The predicted octanol–water partition coefficient (Wildman–Crippen LogP) is 2.36. The van der Waals surface area contributed by atoms with Crippen molar-refractivity contribution in [2.75, 3.05) is 13.1 Å². The minimum absolute atomic E-state index is 0.0567. The number of carbonyl (C=O) groups excluding carboxylic acids is 2.